The summed E-state index contributed by atoms with van der Waals surface area (Å²) in [5, 5.41) is 22.4. The monoisotopic (exact) mass is 356 g/mol. The van der Waals surface area contributed by atoms with Crippen LogP contribution in [0.15, 0.2) is 51.7 Å². The van der Waals surface area contributed by atoms with E-state index in [0.717, 1.165) is 18.4 Å². The molecule has 1 aliphatic rings. The van der Waals surface area contributed by atoms with Crippen molar-refractivity contribution in [3.8, 4) is 11.3 Å². The van der Waals surface area contributed by atoms with Crippen LogP contribution < -0.4 is 5.32 Å². The Bertz CT molecular complexity index is 811. The fourth-order valence-electron chi connectivity index (χ4n) is 2.30. The number of hydrogen-bond donors (Lipinski definition) is 2. The van der Waals surface area contributed by atoms with Gasteiger partial charge in [0.05, 0.1) is 0 Å². The number of amides is 1. The largest absolute Gasteiger partial charge is 0.425 e. The van der Waals surface area contributed by atoms with Crippen molar-refractivity contribution in [1.82, 2.24) is 20.7 Å². The summed E-state index contributed by atoms with van der Waals surface area (Å²) in [6.45, 7) is 1.56. The molecule has 1 aliphatic carbocycles. The van der Waals surface area contributed by atoms with Crippen molar-refractivity contribution in [2.24, 2.45) is 0 Å². The van der Waals surface area contributed by atoms with Crippen molar-refractivity contribution < 1.29 is 18.8 Å². The minimum absolute atomic E-state index is 0.172. The third kappa shape index (κ3) is 4.54. The minimum atomic E-state index is -0.655. The molecule has 4 rings (SSSR count). The number of aromatic nitrogens is 3. The van der Waals surface area contributed by atoms with Gasteiger partial charge >= 0.3 is 0 Å². The van der Waals surface area contributed by atoms with E-state index in [2.05, 4.69) is 25.1 Å². The Morgan fingerprint density at radius 2 is 2.08 bits per heavy atom. The fraction of sp³-hybridized carbons (Fsp3) is 0.333. The number of carbonyl (C=O) groups is 1. The standard InChI is InChI=1S/C14H14N2O2.C4H6N2O2/c17-14(15-11-7-4-8-11)13-9-12(16-18-13)10-5-2-1-3-6-10;1-3(7)4-6-5-2-8-4/h1-3,5-6,9,11H,4,7-8H2,(H,15,17);2-3,7H,1H3. The second-order valence-electron chi connectivity index (χ2n) is 6.00. The molecule has 1 amide bonds. The van der Waals surface area contributed by atoms with Crippen molar-refractivity contribution in [2.45, 2.75) is 38.3 Å². The lowest BCUT2D eigenvalue weighted by molar-refractivity contribution is 0.0879. The number of aliphatic hydroxyl groups is 1. The van der Waals surface area contributed by atoms with E-state index in [-0.39, 0.29) is 17.6 Å². The average molecular weight is 356 g/mol. The highest BCUT2D eigenvalue weighted by Gasteiger charge is 2.22. The highest BCUT2D eigenvalue weighted by molar-refractivity contribution is 5.92. The molecule has 3 aromatic rings. The van der Waals surface area contributed by atoms with Crippen molar-refractivity contribution in [3.05, 3.63) is 54.4 Å². The van der Waals surface area contributed by atoms with Crippen LogP contribution in [0, 0.1) is 0 Å². The molecule has 2 heterocycles. The van der Waals surface area contributed by atoms with Crippen LogP contribution in [0.2, 0.25) is 0 Å². The first kappa shape index (κ1) is 17.8. The first-order valence-electron chi connectivity index (χ1n) is 8.40. The molecule has 1 fully saturated rings. The molecule has 8 heteroatoms. The van der Waals surface area contributed by atoms with Gasteiger partial charge in [-0.2, -0.15) is 0 Å². The number of hydrogen-bond acceptors (Lipinski definition) is 7. The highest BCUT2D eigenvalue weighted by atomic mass is 16.5. The molecule has 0 spiro atoms. The summed E-state index contributed by atoms with van der Waals surface area (Å²) < 4.78 is 9.71. The molecule has 2 N–H and O–H groups in total. The van der Waals surface area contributed by atoms with Gasteiger partial charge in [0.1, 0.15) is 11.8 Å². The molecule has 1 unspecified atom stereocenters. The number of aliphatic hydroxyl groups excluding tert-OH is 1. The molecule has 8 nitrogen and oxygen atoms in total. The minimum Gasteiger partial charge on any atom is -0.425 e. The van der Waals surface area contributed by atoms with Gasteiger partial charge in [-0.15, -0.1) is 10.2 Å². The molecule has 2 aromatic heterocycles. The van der Waals surface area contributed by atoms with Crippen LogP contribution in [0.4, 0.5) is 0 Å². The van der Waals surface area contributed by atoms with Crippen LogP contribution >= 0.6 is 0 Å². The lowest BCUT2D eigenvalue weighted by Crippen LogP contribution is -2.39. The van der Waals surface area contributed by atoms with Crippen molar-refractivity contribution in [1.29, 1.82) is 0 Å². The molecule has 1 saturated carbocycles. The molecule has 0 radical (unpaired) electrons. The van der Waals surface area contributed by atoms with E-state index >= 15 is 0 Å². The van der Waals surface area contributed by atoms with Gasteiger partial charge in [0.15, 0.2) is 0 Å². The maximum Gasteiger partial charge on any atom is 0.290 e. The molecule has 26 heavy (non-hydrogen) atoms. The summed E-state index contributed by atoms with van der Waals surface area (Å²) >= 11 is 0. The first-order valence-corrected chi connectivity index (χ1v) is 8.40. The molecule has 0 bridgehead atoms. The van der Waals surface area contributed by atoms with E-state index in [1.807, 2.05) is 30.3 Å². The lowest BCUT2D eigenvalue weighted by atomic mass is 9.93. The smallest absolute Gasteiger partial charge is 0.290 e. The predicted molar refractivity (Wildman–Crippen MR) is 92.0 cm³/mol. The maximum absolute atomic E-state index is 11.8. The van der Waals surface area contributed by atoms with E-state index in [0.29, 0.717) is 11.7 Å². The topological polar surface area (TPSA) is 114 Å². The van der Waals surface area contributed by atoms with E-state index in [1.54, 1.807) is 13.0 Å². The van der Waals surface area contributed by atoms with Crippen molar-refractivity contribution in [3.63, 3.8) is 0 Å². The van der Waals surface area contributed by atoms with Gasteiger partial charge in [-0.05, 0) is 26.2 Å². The van der Waals surface area contributed by atoms with Gasteiger partial charge in [0, 0.05) is 17.7 Å². The van der Waals surface area contributed by atoms with Gasteiger partial charge in [0.2, 0.25) is 18.0 Å². The SMILES string of the molecule is CC(O)c1nnco1.O=C(NC1CCC1)c1cc(-c2ccccc2)no1. The number of nitrogens with one attached hydrogen (secondary N) is 1. The number of rotatable bonds is 4. The van der Waals surface area contributed by atoms with Crippen LogP contribution in [0.25, 0.3) is 11.3 Å². The zero-order chi connectivity index (χ0) is 18.4. The Kier molecular flexibility index (Phi) is 5.75. The highest BCUT2D eigenvalue weighted by Crippen LogP contribution is 2.21. The Labute approximate surface area is 150 Å². The summed E-state index contributed by atoms with van der Waals surface area (Å²) in [7, 11) is 0. The third-order valence-electron chi connectivity index (χ3n) is 3.98. The molecular weight excluding hydrogens is 336 g/mol. The number of carbonyl (C=O) groups excluding carboxylic acids is 1. The average Bonchev–Trinajstić information content (AvgIpc) is 3.31. The van der Waals surface area contributed by atoms with E-state index in [1.165, 1.54) is 12.8 Å². The fourth-order valence-corrected chi connectivity index (χ4v) is 2.30. The van der Waals surface area contributed by atoms with Crippen molar-refractivity contribution >= 4 is 5.91 Å². The third-order valence-corrected chi connectivity index (χ3v) is 3.98. The number of nitrogens with zero attached hydrogens (tertiary/aromatic N) is 3. The van der Waals surface area contributed by atoms with Gasteiger partial charge in [-0.1, -0.05) is 35.5 Å². The van der Waals surface area contributed by atoms with Gasteiger partial charge in [-0.25, -0.2) is 0 Å². The summed E-state index contributed by atoms with van der Waals surface area (Å²) in [5.74, 6) is 0.361. The quantitative estimate of drug-likeness (QED) is 0.738. The Morgan fingerprint density at radius 1 is 1.31 bits per heavy atom. The predicted octanol–water partition coefficient (Wildman–Crippen LogP) is 2.75. The van der Waals surface area contributed by atoms with Crippen LogP contribution in [-0.2, 0) is 0 Å². The van der Waals surface area contributed by atoms with Gasteiger partial charge in [-0.3, -0.25) is 4.79 Å². The van der Waals surface area contributed by atoms with E-state index < -0.39 is 6.10 Å². The molecule has 1 aromatic carbocycles. The normalized spacial score (nSPS) is 14.7. The summed E-state index contributed by atoms with van der Waals surface area (Å²) in [6.07, 6.45) is 3.84. The summed E-state index contributed by atoms with van der Waals surface area (Å²) in [5.41, 5.74) is 1.64. The van der Waals surface area contributed by atoms with Crippen LogP contribution in [0.1, 0.15) is 48.7 Å². The Balaban J connectivity index is 0.000000206. The molecule has 0 saturated heterocycles. The first-order chi connectivity index (χ1) is 12.6. The van der Waals surface area contributed by atoms with Gasteiger partial charge < -0.3 is 19.4 Å². The molecule has 1 atom stereocenters. The van der Waals surface area contributed by atoms with Crippen molar-refractivity contribution in [2.75, 3.05) is 0 Å². The lowest BCUT2D eigenvalue weighted by Gasteiger charge is -2.25. The zero-order valence-corrected chi connectivity index (χ0v) is 14.3. The molecule has 136 valence electrons. The Hall–Kier alpha value is -3.00. The van der Waals surface area contributed by atoms with Crippen LogP contribution in [-0.4, -0.2) is 32.4 Å². The van der Waals surface area contributed by atoms with Crippen LogP contribution in [0.5, 0.6) is 0 Å². The summed E-state index contributed by atoms with van der Waals surface area (Å²) in [4.78, 5) is 11.8. The zero-order valence-electron chi connectivity index (χ0n) is 14.3. The second-order valence-corrected chi connectivity index (χ2v) is 6.00. The molecular formula is C18H20N4O4. The summed E-state index contributed by atoms with van der Waals surface area (Å²) in [6, 6.07) is 11.7. The maximum atomic E-state index is 11.8. The Morgan fingerprint density at radius 3 is 2.62 bits per heavy atom. The van der Waals surface area contributed by atoms with Crippen LogP contribution in [0.3, 0.4) is 0 Å². The van der Waals surface area contributed by atoms with E-state index in [9.17, 15) is 4.79 Å². The molecule has 0 aliphatic heterocycles. The van der Waals surface area contributed by atoms with E-state index in [4.69, 9.17) is 9.63 Å². The second kappa shape index (κ2) is 8.39. The number of benzene rings is 1. The van der Waals surface area contributed by atoms with Gasteiger partial charge in [0.25, 0.3) is 5.91 Å².